The summed E-state index contributed by atoms with van der Waals surface area (Å²) in [6.45, 7) is 23.6. The summed E-state index contributed by atoms with van der Waals surface area (Å²) in [6, 6.07) is 19.2. The molecule has 2 aliphatic rings. The Morgan fingerprint density at radius 1 is 0.934 bits per heavy atom. The second-order valence-electron chi connectivity index (χ2n) is 15.6. The maximum absolute atomic E-state index is 8.94. The van der Waals surface area contributed by atoms with E-state index in [0.29, 0.717) is 13.1 Å². The topological polar surface area (TPSA) is 126 Å². The van der Waals surface area contributed by atoms with Gasteiger partial charge in [0.2, 0.25) is 0 Å². The summed E-state index contributed by atoms with van der Waals surface area (Å²) in [4.78, 5) is 13.9. The third-order valence-electron chi connectivity index (χ3n) is 10.8. The number of hydroxylamine groups is 1. The Bertz CT molecular complexity index is 1900. The number of amidine groups is 2. The summed E-state index contributed by atoms with van der Waals surface area (Å²) in [7, 11) is 5.81. The second kappa shape index (κ2) is 28.2. The molecule has 0 aromatic heterocycles. The van der Waals surface area contributed by atoms with Gasteiger partial charge in [0.1, 0.15) is 17.5 Å². The highest BCUT2D eigenvalue weighted by Gasteiger charge is 2.25. The number of allylic oxidation sites excluding steroid dienone is 6. The number of nitrogens with two attached hydrogens (primary N) is 1. The molecule has 330 valence electrons. The molecule has 2 aromatic carbocycles. The van der Waals surface area contributed by atoms with Crippen LogP contribution < -0.4 is 27.2 Å². The Morgan fingerprint density at radius 2 is 1.69 bits per heavy atom. The molecule has 7 N–H and O–H groups in total. The molecule has 1 atom stereocenters. The molecule has 1 unspecified atom stereocenters. The van der Waals surface area contributed by atoms with E-state index in [4.69, 9.17) is 10.2 Å². The third-order valence-corrected chi connectivity index (χ3v) is 10.8. The van der Waals surface area contributed by atoms with Gasteiger partial charge in [-0.25, -0.2) is 10.5 Å². The summed E-state index contributed by atoms with van der Waals surface area (Å²) in [5.74, 6) is 2.76. The lowest BCUT2D eigenvalue weighted by molar-refractivity contribution is 0.165. The van der Waals surface area contributed by atoms with Gasteiger partial charge in [0.25, 0.3) is 0 Å². The Kier molecular flexibility index (Phi) is 23.1. The average molecular weight is 830 g/mol. The number of hydrogen-bond acceptors (Lipinski definition) is 8. The Morgan fingerprint density at radius 3 is 2.39 bits per heavy atom. The molecular formula is C51H75N9O. The summed E-state index contributed by atoms with van der Waals surface area (Å²) in [5.41, 5.74) is 17.2. The van der Waals surface area contributed by atoms with E-state index in [1.54, 1.807) is 6.20 Å². The standard InChI is InChI=1S/C50H70N8O.CH5N/c1-9-41(31-35-57(7)11-3)49-44(54-39(6)51-10-2)29-23-30-46(49)58(8)34-21-14-12-13-16-24-40-25-22-28-43(36-40)48(38(4)5)50-55-45(42-26-17-15-18-27-42)37-47(56-50)52-32-19-20-33-53-59;1-2/h9-11,15,17-18,22,25-28,30,36-37,41,53,55,59H,1-4,12-14,16,19-21,23-24,29,31-35H2,5-8H3,(H,51,54)(H,52,56);2H2,1H3/b50-48+;. The summed E-state index contributed by atoms with van der Waals surface area (Å²) in [6.07, 6.45) is 21.6. The summed E-state index contributed by atoms with van der Waals surface area (Å²) < 4.78 is 0. The monoisotopic (exact) mass is 830 g/mol. The van der Waals surface area contributed by atoms with Crippen LogP contribution in [0.25, 0.3) is 11.3 Å². The molecule has 0 radical (unpaired) electrons. The fraction of sp³-hybridized carbons (Fsp3) is 0.412. The van der Waals surface area contributed by atoms with Crippen molar-refractivity contribution in [1.29, 1.82) is 0 Å². The van der Waals surface area contributed by atoms with Crippen molar-refractivity contribution in [3.63, 3.8) is 0 Å². The van der Waals surface area contributed by atoms with Crippen LogP contribution in [0.2, 0.25) is 0 Å². The summed E-state index contributed by atoms with van der Waals surface area (Å²) in [5, 5.41) is 19.8. The van der Waals surface area contributed by atoms with Crippen LogP contribution in [-0.4, -0.2) is 74.0 Å². The van der Waals surface area contributed by atoms with Crippen LogP contribution in [0.15, 0.2) is 150 Å². The first-order valence-electron chi connectivity index (χ1n) is 22.0. The van der Waals surface area contributed by atoms with E-state index in [-0.39, 0.29) is 5.92 Å². The van der Waals surface area contributed by atoms with Gasteiger partial charge in [-0.1, -0.05) is 106 Å². The minimum atomic E-state index is 0.216. The van der Waals surface area contributed by atoms with Crippen molar-refractivity contribution in [1.82, 2.24) is 31.2 Å². The van der Waals surface area contributed by atoms with Crippen LogP contribution in [0, 0.1) is 5.92 Å². The van der Waals surface area contributed by atoms with Crippen molar-refractivity contribution in [3.8, 4) is 0 Å². The molecule has 0 bridgehead atoms. The third kappa shape index (κ3) is 16.5. The molecule has 0 amide bonds. The van der Waals surface area contributed by atoms with Gasteiger partial charge < -0.3 is 36.7 Å². The van der Waals surface area contributed by atoms with E-state index in [0.717, 1.165) is 110 Å². The van der Waals surface area contributed by atoms with E-state index in [9.17, 15) is 0 Å². The zero-order chi connectivity index (χ0) is 44.4. The van der Waals surface area contributed by atoms with Crippen molar-refractivity contribution < 1.29 is 5.21 Å². The van der Waals surface area contributed by atoms with Crippen molar-refractivity contribution in [3.05, 3.63) is 157 Å². The van der Waals surface area contributed by atoms with E-state index >= 15 is 0 Å². The molecule has 1 aliphatic heterocycles. The van der Waals surface area contributed by atoms with Crippen LogP contribution in [0.3, 0.4) is 0 Å². The van der Waals surface area contributed by atoms with Crippen LogP contribution in [0.4, 0.5) is 0 Å². The highest BCUT2D eigenvalue weighted by molar-refractivity contribution is 6.04. The first kappa shape index (κ1) is 49.9. The number of aliphatic imine (C=N–C) groups is 2. The fourth-order valence-corrected chi connectivity index (χ4v) is 7.68. The molecule has 10 heteroatoms. The zero-order valence-electron chi connectivity index (χ0n) is 37.9. The number of aryl methyl sites for hydroxylation is 1. The predicted octanol–water partition coefficient (Wildman–Crippen LogP) is 9.67. The first-order valence-corrected chi connectivity index (χ1v) is 22.0. The number of nitrogens with one attached hydrogen (secondary N) is 4. The quantitative estimate of drug-likeness (QED) is 0.0192. The van der Waals surface area contributed by atoms with Crippen LogP contribution in [0.1, 0.15) is 94.7 Å². The van der Waals surface area contributed by atoms with Gasteiger partial charge >= 0.3 is 0 Å². The number of unbranched alkanes of at least 4 members (excludes halogenated alkanes) is 5. The molecule has 0 saturated carbocycles. The molecule has 0 fully saturated rings. The lowest BCUT2D eigenvalue weighted by atomic mass is 9.86. The smallest absolute Gasteiger partial charge is 0.128 e. The van der Waals surface area contributed by atoms with Crippen LogP contribution in [-0.2, 0) is 6.42 Å². The van der Waals surface area contributed by atoms with Gasteiger partial charge in [-0.3, -0.25) is 4.99 Å². The van der Waals surface area contributed by atoms with Gasteiger partial charge in [-0.15, -0.1) is 6.58 Å². The lowest BCUT2D eigenvalue weighted by Gasteiger charge is -2.34. The van der Waals surface area contributed by atoms with Crippen molar-refractivity contribution in [2.45, 2.75) is 84.5 Å². The molecule has 61 heavy (non-hydrogen) atoms. The fourth-order valence-electron chi connectivity index (χ4n) is 7.68. The molecular weight excluding hydrogens is 755 g/mol. The van der Waals surface area contributed by atoms with Gasteiger partial charge in [0, 0.05) is 81.0 Å². The number of likely N-dealkylation sites (N-methyl/N-ethyl adjacent to an activating group) is 1. The SMILES string of the molecule is C=CN=C(C)NC1=C(C(C=C)CCN(C)C=C)C(N(C)CCCCCCCc2cccc(/C(C(=C)C)=C3\NC(c4ccccc4)=CC(=NCCCCNO)N3)c2)=CCC1.CN. The second-order valence-corrected chi connectivity index (χ2v) is 15.6. The predicted molar refractivity (Wildman–Crippen MR) is 262 cm³/mol. The van der Waals surface area contributed by atoms with Gasteiger partial charge in [-0.05, 0) is 101 Å². The molecule has 0 spiro atoms. The van der Waals surface area contributed by atoms with Crippen molar-refractivity contribution >= 4 is 22.9 Å². The average Bonchev–Trinajstić information content (AvgIpc) is 3.27. The molecule has 2 aromatic rings. The Hall–Kier alpha value is -5.42. The molecule has 1 aliphatic carbocycles. The number of hydrogen-bond donors (Lipinski definition) is 6. The molecule has 0 saturated heterocycles. The maximum atomic E-state index is 8.94. The Labute approximate surface area is 368 Å². The number of benzene rings is 2. The number of nitrogens with zero attached hydrogens (tertiary/aromatic N) is 4. The van der Waals surface area contributed by atoms with E-state index in [1.165, 1.54) is 48.8 Å². The largest absolute Gasteiger partial charge is 0.381 e. The van der Waals surface area contributed by atoms with Crippen molar-refractivity contribution in [2.24, 2.45) is 21.6 Å². The van der Waals surface area contributed by atoms with Crippen molar-refractivity contribution in [2.75, 3.05) is 47.3 Å². The van der Waals surface area contributed by atoms with E-state index in [2.05, 4.69) is 156 Å². The molecule has 1 heterocycles. The van der Waals surface area contributed by atoms with E-state index in [1.807, 2.05) is 19.2 Å². The van der Waals surface area contributed by atoms with E-state index < -0.39 is 0 Å². The number of rotatable bonds is 25. The van der Waals surface area contributed by atoms with Gasteiger partial charge in [0.15, 0.2) is 0 Å². The Balaban J connectivity index is 0.00000489. The first-order chi connectivity index (χ1) is 29.7. The summed E-state index contributed by atoms with van der Waals surface area (Å²) >= 11 is 0. The highest BCUT2D eigenvalue weighted by Crippen LogP contribution is 2.34. The zero-order valence-corrected chi connectivity index (χ0v) is 37.9. The van der Waals surface area contributed by atoms with Crippen LogP contribution in [0.5, 0.6) is 0 Å². The maximum Gasteiger partial charge on any atom is 0.128 e. The van der Waals surface area contributed by atoms with Gasteiger partial charge in [-0.2, -0.15) is 0 Å². The highest BCUT2D eigenvalue weighted by atomic mass is 16.5. The molecule has 10 nitrogen and oxygen atoms in total. The molecule has 4 rings (SSSR count). The minimum Gasteiger partial charge on any atom is -0.381 e. The lowest BCUT2D eigenvalue weighted by Crippen LogP contribution is -2.36. The minimum absolute atomic E-state index is 0.216. The normalized spacial score (nSPS) is 15.9. The van der Waals surface area contributed by atoms with Crippen LogP contribution >= 0.6 is 0 Å². The van der Waals surface area contributed by atoms with Gasteiger partial charge in [0.05, 0.1) is 5.70 Å².